The van der Waals surface area contributed by atoms with E-state index in [1.54, 1.807) is 0 Å². The molecule has 0 atom stereocenters. The molecule has 4 aromatic rings. The zero-order chi connectivity index (χ0) is 16.5. The second-order valence-corrected chi connectivity index (χ2v) is 6.42. The number of fused-ring (bicyclic) bond motifs is 2. The summed E-state index contributed by atoms with van der Waals surface area (Å²) in [5, 5.41) is 2.66. The van der Waals surface area contributed by atoms with Crippen molar-refractivity contribution in [3.8, 4) is 0 Å². The maximum absolute atomic E-state index is 2.35. The average Bonchev–Trinajstić information content (AvgIpc) is 2.63. The molecule has 0 amide bonds. The quantitative estimate of drug-likeness (QED) is 0.507. The van der Waals surface area contributed by atoms with Crippen molar-refractivity contribution < 1.29 is 9.13 Å². The Hall–Kier alpha value is -2.74. The number of hydrogen-bond donors (Lipinski definition) is 0. The molecular weight excluding hydrogens is 292 g/mol. The van der Waals surface area contributed by atoms with E-state index in [9.17, 15) is 0 Å². The molecule has 0 N–H and O–H groups in total. The molecule has 0 aliphatic rings. The Morgan fingerprint density at radius 1 is 0.583 bits per heavy atom. The summed E-state index contributed by atoms with van der Waals surface area (Å²) in [6.45, 7) is 6.26. The van der Waals surface area contributed by atoms with E-state index in [-0.39, 0.29) is 0 Å². The van der Waals surface area contributed by atoms with Gasteiger partial charge in [0.1, 0.15) is 0 Å². The van der Waals surface area contributed by atoms with E-state index in [4.69, 9.17) is 0 Å². The first-order chi connectivity index (χ1) is 11.7. The summed E-state index contributed by atoms with van der Waals surface area (Å²) in [6.07, 6.45) is 4.41. The van der Waals surface area contributed by atoms with Crippen molar-refractivity contribution in [1.82, 2.24) is 0 Å². The molecule has 0 spiro atoms. The van der Waals surface area contributed by atoms with Crippen LogP contribution in [0, 0.1) is 13.8 Å². The lowest BCUT2D eigenvalue weighted by atomic mass is 10.1. The fourth-order valence-electron chi connectivity index (χ4n) is 3.46. The summed E-state index contributed by atoms with van der Waals surface area (Å²) in [6, 6.07) is 21.7. The molecule has 0 saturated carbocycles. The van der Waals surface area contributed by atoms with Crippen LogP contribution in [0.5, 0.6) is 0 Å². The molecule has 0 fully saturated rings. The number of benzene rings is 2. The van der Waals surface area contributed by atoms with Crippen molar-refractivity contribution in [3.63, 3.8) is 0 Å². The van der Waals surface area contributed by atoms with Gasteiger partial charge in [-0.15, -0.1) is 0 Å². The largest absolute Gasteiger partial charge is 0.212 e. The summed E-state index contributed by atoms with van der Waals surface area (Å²) >= 11 is 0. The molecule has 24 heavy (non-hydrogen) atoms. The van der Waals surface area contributed by atoms with Gasteiger partial charge in [0.25, 0.3) is 0 Å². The van der Waals surface area contributed by atoms with Crippen molar-refractivity contribution in [3.05, 3.63) is 84.2 Å². The number of para-hydroxylation sites is 2. The number of hydrogen-bond acceptors (Lipinski definition) is 0. The highest BCUT2D eigenvalue weighted by molar-refractivity contribution is 5.79. The molecule has 2 heterocycles. The van der Waals surface area contributed by atoms with Crippen molar-refractivity contribution in [2.24, 2.45) is 0 Å². The maximum Gasteiger partial charge on any atom is 0.212 e. The highest BCUT2D eigenvalue weighted by atomic mass is 15.0. The molecule has 118 valence electrons. The summed E-state index contributed by atoms with van der Waals surface area (Å²) in [4.78, 5) is 0. The summed E-state index contributed by atoms with van der Waals surface area (Å²) in [5.74, 6) is 0. The number of aryl methyl sites for hydroxylation is 4. The molecule has 0 bridgehead atoms. The van der Waals surface area contributed by atoms with E-state index < -0.39 is 0 Å². The zero-order valence-corrected chi connectivity index (χ0v) is 14.2. The van der Waals surface area contributed by atoms with Crippen LogP contribution in [0.3, 0.4) is 0 Å². The highest BCUT2D eigenvalue weighted by Crippen LogP contribution is 2.15. The smallest absolute Gasteiger partial charge is 0.192 e. The zero-order valence-electron chi connectivity index (χ0n) is 14.2. The van der Waals surface area contributed by atoms with Gasteiger partial charge >= 0.3 is 0 Å². The molecule has 0 radical (unpaired) electrons. The van der Waals surface area contributed by atoms with Crippen LogP contribution in [0.2, 0.25) is 0 Å². The van der Waals surface area contributed by atoms with Crippen LogP contribution in [-0.4, -0.2) is 0 Å². The molecule has 2 aromatic heterocycles. The first kappa shape index (κ1) is 14.8. The third-order valence-electron chi connectivity index (χ3n) is 4.87. The van der Waals surface area contributed by atoms with Crippen LogP contribution in [-0.2, 0) is 13.1 Å². The van der Waals surface area contributed by atoms with E-state index in [0.29, 0.717) is 0 Å². The van der Waals surface area contributed by atoms with Crippen molar-refractivity contribution >= 4 is 21.8 Å². The topological polar surface area (TPSA) is 7.76 Å². The number of nitrogens with zero attached hydrogens (tertiary/aromatic N) is 2. The third kappa shape index (κ3) is 2.54. The van der Waals surface area contributed by atoms with E-state index in [1.807, 2.05) is 0 Å². The van der Waals surface area contributed by atoms with Gasteiger partial charge in [-0.25, -0.2) is 0 Å². The molecule has 4 rings (SSSR count). The lowest BCUT2D eigenvalue weighted by molar-refractivity contribution is -0.754. The standard InChI is InChI=1S/C22H22N2/c1-17-11-13-23(21-9-5-3-7-19(17)21)15-16-24-14-12-18(2)20-8-4-6-10-22(20)24/h3-14H,15-16H2,1-2H3/q+2. The van der Waals surface area contributed by atoms with E-state index in [2.05, 4.69) is 96.0 Å². The highest BCUT2D eigenvalue weighted by Gasteiger charge is 2.15. The summed E-state index contributed by atoms with van der Waals surface area (Å²) in [7, 11) is 0. The molecular formula is C22H22N2+2. The first-order valence-electron chi connectivity index (χ1n) is 8.49. The Morgan fingerprint density at radius 2 is 1.00 bits per heavy atom. The van der Waals surface area contributed by atoms with Gasteiger partial charge < -0.3 is 0 Å². The fraction of sp³-hybridized carbons (Fsp3) is 0.182. The lowest BCUT2D eigenvalue weighted by Gasteiger charge is -2.05. The van der Waals surface area contributed by atoms with E-state index >= 15 is 0 Å². The van der Waals surface area contributed by atoms with Gasteiger partial charge in [0, 0.05) is 35.0 Å². The SMILES string of the molecule is Cc1cc[n+](CC[n+]2ccc(C)c3ccccc32)c2ccccc12. The molecule has 0 aliphatic heterocycles. The number of aromatic nitrogens is 2. The number of rotatable bonds is 3. The molecule has 2 nitrogen and oxygen atoms in total. The van der Waals surface area contributed by atoms with Gasteiger partial charge in [0.05, 0.1) is 0 Å². The van der Waals surface area contributed by atoms with Gasteiger partial charge in [0.2, 0.25) is 24.1 Å². The Balaban J connectivity index is 1.72. The number of pyridine rings is 2. The minimum absolute atomic E-state index is 0.957. The van der Waals surface area contributed by atoms with Crippen molar-refractivity contribution in [2.75, 3.05) is 0 Å². The predicted molar refractivity (Wildman–Crippen MR) is 97.8 cm³/mol. The minimum atomic E-state index is 0.957. The van der Waals surface area contributed by atoms with Gasteiger partial charge in [-0.3, -0.25) is 0 Å². The molecule has 0 unspecified atom stereocenters. The van der Waals surface area contributed by atoms with E-state index in [1.165, 1.54) is 32.9 Å². The van der Waals surface area contributed by atoms with Crippen LogP contribution in [0.25, 0.3) is 21.8 Å². The molecule has 2 heteroatoms. The van der Waals surface area contributed by atoms with Crippen LogP contribution >= 0.6 is 0 Å². The Bertz CT molecular complexity index is 949. The van der Waals surface area contributed by atoms with Gasteiger partial charge in [-0.05, 0) is 37.1 Å². The normalized spacial score (nSPS) is 11.2. The fourth-order valence-corrected chi connectivity index (χ4v) is 3.46. The Kier molecular flexibility index (Phi) is 3.73. The average molecular weight is 314 g/mol. The second kappa shape index (κ2) is 6.04. The van der Waals surface area contributed by atoms with Crippen LogP contribution in [0.1, 0.15) is 11.1 Å². The first-order valence-corrected chi connectivity index (χ1v) is 8.49. The predicted octanol–water partition coefficient (Wildman–Crippen LogP) is 3.89. The maximum atomic E-state index is 2.35. The van der Waals surface area contributed by atoms with Crippen molar-refractivity contribution in [2.45, 2.75) is 26.9 Å². The monoisotopic (exact) mass is 314 g/mol. The van der Waals surface area contributed by atoms with Crippen LogP contribution in [0.4, 0.5) is 0 Å². The van der Waals surface area contributed by atoms with Gasteiger partial charge in [-0.2, -0.15) is 9.13 Å². The van der Waals surface area contributed by atoms with Crippen molar-refractivity contribution in [1.29, 1.82) is 0 Å². The van der Waals surface area contributed by atoms with Crippen LogP contribution < -0.4 is 9.13 Å². The molecule has 0 saturated heterocycles. The van der Waals surface area contributed by atoms with Gasteiger partial charge in [-0.1, -0.05) is 24.3 Å². The van der Waals surface area contributed by atoms with E-state index in [0.717, 1.165) is 13.1 Å². The Labute approximate surface area is 142 Å². The lowest BCUT2D eigenvalue weighted by Crippen LogP contribution is -2.45. The molecule has 0 aliphatic carbocycles. The third-order valence-corrected chi connectivity index (χ3v) is 4.87. The Morgan fingerprint density at radius 3 is 1.46 bits per heavy atom. The summed E-state index contributed by atoms with van der Waals surface area (Å²) in [5.41, 5.74) is 5.26. The van der Waals surface area contributed by atoms with Gasteiger partial charge in [0.15, 0.2) is 12.4 Å². The second-order valence-electron chi connectivity index (χ2n) is 6.42. The molecule has 2 aromatic carbocycles. The minimum Gasteiger partial charge on any atom is -0.192 e. The summed E-state index contributed by atoms with van der Waals surface area (Å²) < 4.78 is 4.70. The van der Waals surface area contributed by atoms with Crippen LogP contribution in [0.15, 0.2) is 73.1 Å².